The molecule has 30 heavy (non-hydrogen) atoms. The van der Waals surface area contributed by atoms with Gasteiger partial charge in [-0.05, 0) is 35.9 Å². The smallest absolute Gasteiger partial charge is 0.337 e. The number of nitrogens with one attached hydrogen (secondary N) is 1. The second-order valence-corrected chi connectivity index (χ2v) is 8.28. The standard InChI is InChI=1S/C20H16ClFN2O5S/c1-29-20(26)13-6-8-17(22)18(10-13)30(27,28)23-15-7-9-19(25)24(12-15)11-14-4-2-3-5-16(14)21/h2-10,12,23H,11H2,1H3. The summed E-state index contributed by atoms with van der Waals surface area (Å²) in [6.45, 7) is 0.111. The predicted octanol–water partition coefficient (Wildman–Crippen LogP) is 3.28. The molecule has 1 N–H and O–H groups in total. The van der Waals surface area contributed by atoms with Crippen LogP contribution in [0.4, 0.5) is 10.1 Å². The van der Waals surface area contributed by atoms with Crippen LogP contribution in [0.2, 0.25) is 5.02 Å². The number of carbonyl (C=O) groups excluding carboxylic acids is 1. The molecule has 0 saturated heterocycles. The number of anilines is 1. The zero-order valence-corrected chi connectivity index (χ0v) is 17.2. The Hall–Kier alpha value is -3.17. The van der Waals surface area contributed by atoms with Crippen molar-refractivity contribution in [1.82, 2.24) is 4.57 Å². The van der Waals surface area contributed by atoms with Gasteiger partial charge in [0.15, 0.2) is 0 Å². The normalized spacial score (nSPS) is 11.2. The fourth-order valence-electron chi connectivity index (χ4n) is 2.69. The molecule has 0 spiro atoms. The van der Waals surface area contributed by atoms with Gasteiger partial charge in [-0.2, -0.15) is 0 Å². The summed E-state index contributed by atoms with van der Waals surface area (Å²) < 4.78 is 47.5. The second-order valence-electron chi connectivity index (χ2n) is 6.22. The number of pyridine rings is 1. The Bertz CT molecular complexity index is 1270. The average molecular weight is 451 g/mol. The Morgan fingerprint density at radius 2 is 1.90 bits per heavy atom. The molecule has 3 rings (SSSR count). The van der Waals surface area contributed by atoms with Gasteiger partial charge in [-0.1, -0.05) is 29.8 Å². The number of halogens is 2. The van der Waals surface area contributed by atoms with E-state index in [0.29, 0.717) is 10.6 Å². The van der Waals surface area contributed by atoms with Gasteiger partial charge in [-0.25, -0.2) is 17.6 Å². The van der Waals surface area contributed by atoms with Gasteiger partial charge in [0.05, 0.1) is 24.9 Å². The van der Waals surface area contributed by atoms with Crippen LogP contribution >= 0.6 is 11.6 Å². The fourth-order valence-corrected chi connectivity index (χ4v) is 4.03. The Labute approximate surface area is 176 Å². The van der Waals surface area contributed by atoms with E-state index in [0.717, 1.165) is 25.3 Å². The number of carbonyl (C=O) groups is 1. The van der Waals surface area contributed by atoms with Crippen LogP contribution in [0.1, 0.15) is 15.9 Å². The van der Waals surface area contributed by atoms with Crippen LogP contribution in [0.3, 0.4) is 0 Å². The van der Waals surface area contributed by atoms with Crippen LogP contribution in [-0.2, 0) is 21.3 Å². The second kappa shape index (κ2) is 8.68. The van der Waals surface area contributed by atoms with Crippen molar-refractivity contribution in [2.24, 2.45) is 0 Å². The Morgan fingerprint density at radius 1 is 1.17 bits per heavy atom. The number of ether oxygens (including phenoxy) is 1. The molecule has 0 fully saturated rings. The van der Waals surface area contributed by atoms with Crippen LogP contribution in [0.15, 0.2) is 70.5 Å². The molecule has 0 bridgehead atoms. The SMILES string of the molecule is COC(=O)c1ccc(F)c(S(=O)(=O)Nc2ccc(=O)n(Cc3ccccc3Cl)c2)c1. The van der Waals surface area contributed by atoms with E-state index in [2.05, 4.69) is 9.46 Å². The van der Waals surface area contributed by atoms with Crippen molar-refractivity contribution in [2.75, 3.05) is 11.8 Å². The van der Waals surface area contributed by atoms with Gasteiger partial charge in [0.2, 0.25) is 0 Å². The summed E-state index contributed by atoms with van der Waals surface area (Å²) in [5.41, 5.74) is 0.197. The first-order chi connectivity index (χ1) is 14.2. The van der Waals surface area contributed by atoms with Gasteiger partial charge in [-0.15, -0.1) is 0 Å². The molecule has 0 atom stereocenters. The first-order valence-electron chi connectivity index (χ1n) is 8.56. The number of benzene rings is 2. The summed E-state index contributed by atoms with van der Waals surface area (Å²) in [5, 5.41) is 0.456. The topological polar surface area (TPSA) is 94.5 Å². The quantitative estimate of drug-likeness (QED) is 0.581. The number of methoxy groups -OCH3 is 1. The highest BCUT2D eigenvalue weighted by atomic mass is 35.5. The number of sulfonamides is 1. The third-order valence-electron chi connectivity index (χ3n) is 4.18. The zero-order chi connectivity index (χ0) is 21.9. The summed E-state index contributed by atoms with van der Waals surface area (Å²) in [6, 6.07) is 12.2. The van der Waals surface area contributed by atoms with Crippen molar-refractivity contribution >= 4 is 33.3 Å². The molecule has 0 saturated carbocycles. The maximum Gasteiger partial charge on any atom is 0.337 e. The third kappa shape index (κ3) is 4.69. The third-order valence-corrected chi connectivity index (χ3v) is 5.94. The Balaban J connectivity index is 1.94. The molecule has 7 nitrogen and oxygen atoms in total. The monoisotopic (exact) mass is 450 g/mol. The van der Waals surface area contributed by atoms with E-state index < -0.39 is 26.7 Å². The van der Waals surface area contributed by atoms with Crippen molar-refractivity contribution in [3.8, 4) is 0 Å². The first kappa shape index (κ1) is 21.5. The number of hydrogen-bond acceptors (Lipinski definition) is 5. The molecule has 0 aliphatic rings. The summed E-state index contributed by atoms with van der Waals surface area (Å²) in [6.07, 6.45) is 1.28. The number of aromatic nitrogens is 1. The summed E-state index contributed by atoms with van der Waals surface area (Å²) in [5.74, 6) is -1.85. The van der Waals surface area contributed by atoms with Crippen LogP contribution < -0.4 is 10.3 Å². The van der Waals surface area contributed by atoms with Crippen LogP contribution in [0.5, 0.6) is 0 Å². The number of esters is 1. The highest BCUT2D eigenvalue weighted by molar-refractivity contribution is 7.92. The maximum atomic E-state index is 14.2. The van der Waals surface area contributed by atoms with E-state index in [-0.39, 0.29) is 23.4 Å². The zero-order valence-electron chi connectivity index (χ0n) is 15.6. The van der Waals surface area contributed by atoms with E-state index in [1.165, 1.54) is 22.9 Å². The lowest BCUT2D eigenvalue weighted by Gasteiger charge is -2.12. The molecular weight excluding hydrogens is 435 g/mol. The molecule has 0 aliphatic heterocycles. The van der Waals surface area contributed by atoms with Crippen molar-refractivity contribution in [3.63, 3.8) is 0 Å². The summed E-state index contributed by atoms with van der Waals surface area (Å²) in [4.78, 5) is 23.1. The fraction of sp³-hybridized carbons (Fsp3) is 0.100. The van der Waals surface area contributed by atoms with E-state index in [4.69, 9.17) is 11.6 Å². The molecule has 156 valence electrons. The van der Waals surface area contributed by atoms with Crippen LogP contribution in [0, 0.1) is 5.82 Å². The van der Waals surface area contributed by atoms with Crippen molar-refractivity contribution < 1.29 is 22.3 Å². The summed E-state index contributed by atoms with van der Waals surface area (Å²) >= 11 is 6.12. The minimum absolute atomic E-state index is 0.0320. The predicted molar refractivity (Wildman–Crippen MR) is 110 cm³/mol. The lowest BCUT2D eigenvalue weighted by atomic mass is 10.2. The molecular formula is C20H16ClFN2O5S. The molecule has 2 aromatic carbocycles. The molecule has 0 unspecified atom stereocenters. The highest BCUT2D eigenvalue weighted by Crippen LogP contribution is 2.21. The Kier molecular flexibility index (Phi) is 6.23. The molecule has 10 heteroatoms. The van der Waals surface area contributed by atoms with Gasteiger partial charge < -0.3 is 9.30 Å². The van der Waals surface area contributed by atoms with Gasteiger partial charge in [0.1, 0.15) is 10.7 Å². The number of rotatable bonds is 6. The minimum Gasteiger partial charge on any atom is -0.465 e. The van der Waals surface area contributed by atoms with E-state index >= 15 is 0 Å². The summed E-state index contributed by atoms with van der Waals surface area (Å²) in [7, 11) is -3.27. The average Bonchev–Trinajstić information content (AvgIpc) is 2.71. The van der Waals surface area contributed by atoms with Crippen LogP contribution in [-0.4, -0.2) is 26.1 Å². The Morgan fingerprint density at radius 3 is 2.60 bits per heavy atom. The largest absolute Gasteiger partial charge is 0.465 e. The number of hydrogen-bond donors (Lipinski definition) is 1. The molecule has 1 heterocycles. The highest BCUT2D eigenvalue weighted by Gasteiger charge is 2.22. The minimum atomic E-state index is -4.39. The van der Waals surface area contributed by atoms with Gasteiger partial charge in [-0.3, -0.25) is 9.52 Å². The molecule has 1 aromatic heterocycles. The van der Waals surface area contributed by atoms with E-state index in [9.17, 15) is 22.4 Å². The van der Waals surface area contributed by atoms with E-state index in [1.54, 1.807) is 24.3 Å². The molecule has 3 aromatic rings. The molecule has 0 radical (unpaired) electrons. The van der Waals surface area contributed by atoms with E-state index in [1.807, 2.05) is 0 Å². The van der Waals surface area contributed by atoms with Crippen molar-refractivity contribution in [2.45, 2.75) is 11.4 Å². The lowest BCUT2D eigenvalue weighted by molar-refractivity contribution is 0.0600. The maximum absolute atomic E-state index is 14.2. The van der Waals surface area contributed by atoms with Gasteiger partial charge in [0.25, 0.3) is 15.6 Å². The molecule has 0 amide bonds. The van der Waals surface area contributed by atoms with Crippen LogP contribution in [0.25, 0.3) is 0 Å². The molecule has 0 aliphatic carbocycles. The van der Waals surface area contributed by atoms with Crippen molar-refractivity contribution in [3.05, 3.63) is 93.1 Å². The van der Waals surface area contributed by atoms with Gasteiger partial charge in [0, 0.05) is 17.3 Å². The number of nitrogens with zero attached hydrogens (tertiary/aromatic N) is 1. The first-order valence-corrected chi connectivity index (χ1v) is 10.4. The van der Waals surface area contributed by atoms with Crippen molar-refractivity contribution in [1.29, 1.82) is 0 Å². The lowest BCUT2D eigenvalue weighted by Crippen LogP contribution is -2.22. The van der Waals surface area contributed by atoms with Gasteiger partial charge >= 0.3 is 5.97 Å².